The lowest BCUT2D eigenvalue weighted by atomic mass is 10.1. The molecule has 21 heavy (non-hydrogen) atoms. The number of nitrogens with one attached hydrogen (secondary N) is 1. The van der Waals surface area contributed by atoms with Crippen LogP contribution in [0.3, 0.4) is 0 Å². The number of non-ortho nitro benzene ring substituents is 1. The Kier molecular flexibility index (Phi) is 3.90. The average molecular weight is 285 g/mol. The van der Waals surface area contributed by atoms with Gasteiger partial charge in [0.15, 0.2) is 0 Å². The van der Waals surface area contributed by atoms with Crippen LogP contribution in [0.4, 0.5) is 15.8 Å². The zero-order valence-electron chi connectivity index (χ0n) is 10.5. The summed E-state index contributed by atoms with van der Waals surface area (Å²) in [5, 5.41) is 21.8. The van der Waals surface area contributed by atoms with E-state index >= 15 is 0 Å². The summed E-state index contributed by atoms with van der Waals surface area (Å²) in [6.45, 7) is 0. The molecule has 0 saturated heterocycles. The maximum absolute atomic E-state index is 13.2. The number of rotatable bonds is 3. The molecular formula is C14H8FN3O3. The summed E-state index contributed by atoms with van der Waals surface area (Å²) < 4.78 is 13.2. The van der Waals surface area contributed by atoms with Crippen molar-refractivity contribution < 1.29 is 14.1 Å². The highest BCUT2D eigenvalue weighted by molar-refractivity contribution is 6.04. The normalized spacial score (nSPS) is 9.71. The molecule has 0 aliphatic carbocycles. The van der Waals surface area contributed by atoms with Gasteiger partial charge in [0.05, 0.1) is 10.5 Å². The number of hydrogen-bond acceptors (Lipinski definition) is 4. The second-order valence-electron chi connectivity index (χ2n) is 4.07. The molecule has 0 atom stereocenters. The summed E-state index contributed by atoms with van der Waals surface area (Å²) in [4.78, 5) is 22.0. The molecule has 2 aromatic rings. The molecule has 0 aromatic heterocycles. The maximum atomic E-state index is 13.2. The summed E-state index contributed by atoms with van der Waals surface area (Å²) in [7, 11) is 0. The third-order valence-electron chi connectivity index (χ3n) is 2.66. The SMILES string of the molecule is N#Cc1cc(NC(=O)c2cccc([N+](=O)[O-])c2)ccc1F. The highest BCUT2D eigenvalue weighted by Gasteiger charge is 2.12. The van der Waals surface area contributed by atoms with E-state index in [1.807, 2.05) is 0 Å². The molecule has 2 aromatic carbocycles. The molecule has 104 valence electrons. The van der Waals surface area contributed by atoms with Gasteiger partial charge in [-0.1, -0.05) is 6.07 Å². The smallest absolute Gasteiger partial charge is 0.270 e. The van der Waals surface area contributed by atoms with E-state index in [0.29, 0.717) is 0 Å². The van der Waals surface area contributed by atoms with Crippen molar-refractivity contribution in [2.75, 3.05) is 5.32 Å². The Bertz CT molecular complexity index is 768. The van der Waals surface area contributed by atoms with Gasteiger partial charge in [-0.05, 0) is 24.3 Å². The Morgan fingerprint density at radius 1 is 1.29 bits per heavy atom. The number of nitriles is 1. The zero-order valence-corrected chi connectivity index (χ0v) is 10.5. The van der Waals surface area contributed by atoms with Crippen molar-refractivity contribution in [1.82, 2.24) is 0 Å². The first-order chi connectivity index (χ1) is 10.0. The molecular weight excluding hydrogens is 277 g/mol. The van der Waals surface area contributed by atoms with E-state index in [0.717, 1.165) is 12.1 Å². The van der Waals surface area contributed by atoms with Gasteiger partial charge in [-0.2, -0.15) is 5.26 Å². The minimum atomic E-state index is -0.689. The molecule has 1 N–H and O–H groups in total. The number of benzene rings is 2. The quantitative estimate of drug-likeness (QED) is 0.692. The van der Waals surface area contributed by atoms with Crippen LogP contribution in [0.15, 0.2) is 42.5 Å². The lowest BCUT2D eigenvalue weighted by Crippen LogP contribution is -2.12. The van der Waals surface area contributed by atoms with Gasteiger partial charge < -0.3 is 5.32 Å². The molecule has 0 aliphatic heterocycles. The van der Waals surface area contributed by atoms with Crippen molar-refractivity contribution in [3.63, 3.8) is 0 Å². The molecule has 0 aliphatic rings. The van der Waals surface area contributed by atoms with Gasteiger partial charge in [0, 0.05) is 23.4 Å². The number of nitro groups is 1. The number of halogens is 1. The fourth-order valence-electron chi connectivity index (χ4n) is 1.65. The third kappa shape index (κ3) is 3.19. The van der Waals surface area contributed by atoms with Gasteiger partial charge in [-0.15, -0.1) is 0 Å². The van der Waals surface area contributed by atoms with Crippen LogP contribution in [-0.4, -0.2) is 10.8 Å². The van der Waals surface area contributed by atoms with E-state index < -0.39 is 16.6 Å². The number of carbonyl (C=O) groups is 1. The lowest BCUT2D eigenvalue weighted by Gasteiger charge is -2.06. The van der Waals surface area contributed by atoms with Crippen LogP contribution in [0.25, 0.3) is 0 Å². The van der Waals surface area contributed by atoms with Gasteiger partial charge in [0.2, 0.25) is 0 Å². The lowest BCUT2D eigenvalue weighted by molar-refractivity contribution is -0.384. The number of amides is 1. The van der Waals surface area contributed by atoms with Crippen LogP contribution in [0.1, 0.15) is 15.9 Å². The van der Waals surface area contributed by atoms with Crippen molar-refractivity contribution in [2.45, 2.75) is 0 Å². The molecule has 0 saturated carbocycles. The number of nitrogens with zero attached hydrogens (tertiary/aromatic N) is 2. The summed E-state index contributed by atoms with van der Waals surface area (Å²) in [5.74, 6) is -1.28. The Morgan fingerprint density at radius 2 is 2.05 bits per heavy atom. The van der Waals surface area contributed by atoms with Crippen molar-refractivity contribution in [3.8, 4) is 6.07 Å². The predicted molar refractivity (Wildman–Crippen MR) is 72.2 cm³/mol. The van der Waals surface area contributed by atoms with Crippen LogP contribution in [0.5, 0.6) is 0 Å². The fraction of sp³-hybridized carbons (Fsp3) is 0. The summed E-state index contributed by atoms with van der Waals surface area (Å²) >= 11 is 0. The molecule has 7 heteroatoms. The van der Waals surface area contributed by atoms with Gasteiger partial charge in [0.25, 0.3) is 11.6 Å². The third-order valence-corrected chi connectivity index (χ3v) is 2.66. The van der Waals surface area contributed by atoms with Crippen LogP contribution < -0.4 is 5.32 Å². The number of nitro benzene ring substituents is 1. The summed E-state index contributed by atoms with van der Waals surface area (Å²) in [6.07, 6.45) is 0. The standard InChI is InChI=1S/C14H8FN3O3/c15-13-5-4-11(6-10(13)8-16)17-14(19)9-2-1-3-12(7-9)18(20)21/h1-7H,(H,17,19). The van der Waals surface area contributed by atoms with Crippen LogP contribution >= 0.6 is 0 Å². The first-order valence-corrected chi connectivity index (χ1v) is 5.76. The van der Waals surface area contributed by atoms with Gasteiger partial charge in [-0.25, -0.2) is 4.39 Å². The molecule has 0 heterocycles. The maximum Gasteiger partial charge on any atom is 0.270 e. The van der Waals surface area contributed by atoms with E-state index in [9.17, 15) is 19.3 Å². The van der Waals surface area contributed by atoms with E-state index in [4.69, 9.17) is 5.26 Å². The molecule has 0 fully saturated rings. The number of anilines is 1. The van der Waals surface area contributed by atoms with Gasteiger partial charge >= 0.3 is 0 Å². The monoisotopic (exact) mass is 285 g/mol. The summed E-state index contributed by atoms with van der Waals surface area (Å²) in [5.41, 5.74) is -0.0946. The first kappa shape index (κ1) is 14.1. The van der Waals surface area contributed by atoms with Crippen LogP contribution in [0.2, 0.25) is 0 Å². The number of carbonyl (C=O) groups excluding carboxylic acids is 1. The van der Waals surface area contributed by atoms with Gasteiger partial charge in [-0.3, -0.25) is 14.9 Å². The highest BCUT2D eigenvalue weighted by atomic mass is 19.1. The van der Waals surface area contributed by atoms with E-state index in [1.165, 1.54) is 30.3 Å². The van der Waals surface area contributed by atoms with Gasteiger partial charge in [0.1, 0.15) is 11.9 Å². The predicted octanol–water partition coefficient (Wildman–Crippen LogP) is 2.86. The first-order valence-electron chi connectivity index (χ1n) is 5.76. The summed E-state index contributed by atoms with van der Waals surface area (Å²) in [6, 6.07) is 10.4. The molecule has 0 unspecified atom stereocenters. The topological polar surface area (TPSA) is 96.0 Å². The molecule has 0 radical (unpaired) electrons. The molecule has 1 amide bonds. The largest absolute Gasteiger partial charge is 0.322 e. The van der Waals surface area contributed by atoms with E-state index in [2.05, 4.69) is 5.32 Å². The zero-order chi connectivity index (χ0) is 15.4. The molecule has 0 bridgehead atoms. The second-order valence-corrected chi connectivity index (χ2v) is 4.07. The van der Waals surface area contributed by atoms with Crippen LogP contribution in [-0.2, 0) is 0 Å². The fourth-order valence-corrected chi connectivity index (χ4v) is 1.65. The van der Waals surface area contributed by atoms with Crippen molar-refractivity contribution >= 4 is 17.3 Å². The minimum Gasteiger partial charge on any atom is -0.322 e. The Labute approximate surface area is 118 Å². The van der Waals surface area contributed by atoms with E-state index in [-0.39, 0.29) is 22.5 Å². The minimum absolute atomic E-state index is 0.0898. The second kappa shape index (κ2) is 5.79. The van der Waals surface area contributed by atoms with E-state index in [1.54, 1.807) is 6.07 Å². The molecule has 2 rings (SSSR count). The van der Waals surface area contributed by atoms with Crippen molar-refractivity contribution in [1.29, 1.82) is 5.26 Å². The van der Waals surface area contributed by atoms with Crippen molar-refractivity contribution in [3.05, 3.63) is 69.5 Å². The van der Waals surface area contributed by atoms with Crippen molar-refractivity contribution in [2.24, 2.45) is 0 Å². The Balaban J connectivity index is 2.24. The molecule has 6 nitrogen and oxygen atoms in total. The van der Waals surface area contributed by atoms with Crippen LogP contribution in [0, 0.1) is 27.3 Å². The molecule has 0 spiro atoms. The average Bonchev–Trinajstić information content (AvgIpc) is 2.49. The Morgan fingerprint density at radius 3 is 2.71 bits per heavy atom. The Hall–Kier alpha value is -3.27. The number of hydrogen-bond donors (Lipinski definition) is 1. The highest BCUT2D eigenvalue weighted by Crippen LogP contribution is 2.17.